The molecule has 1 aromatic carbocycles. The fourth-order valence-electron chi connectivity index (χ4n) is 1.47. The lowest BCUT2D eigenvalue weighted by molar-refractivity contribution is 0.102. The number of alkyl halides is 1. The molecule has 0 radical (unpaired) electrons. The molecule has 2 aromatic rings. The monoisotopic (exact) mass is 315 g/mol. The van der Waals surface area contributed by atoms with E-state index >= 15 is 0 Å². The van der Waals surface area contributed by atoms with E-state index in [1.165, 1.54) is 6.20 Å². The van der Waals surface area contributed by atoms with Crippen LogP contribution in [0, 0.1) is 11.3 Å². The van der Waals surface area contributed by atoms with E-state index in [2.05, 4.69) is 26.2 Å². The van der Waals surface area contributed by atoms with Crippen molar-refractivity contribution in [3.05, 3.63) is 59.3 Å². The van der Waals surface area contributed by atoms with Crippen molar-refractivity contribution < 1.29 is 4.79 Å². The van der Waals surface area contributed by atoms with E-state index in [1.807, 2.05) is 18.2 Å². The summed E-state index contributed by atoms with van der Waals surface area (Å²) in [5.41, 5.74) is 2.13. The number of anilines is 1. The van der Waals surface area contributed by atoms with Gasteiger partial charge in [0.1, 0.15) is 11.9 Å². The molecule has 1 heterocycles. The number of hydrogen-bond donors (Lipinski definition) is 1. The Morgan fingerprint density at radius 1 is 1.26 bits per heavy atom. The van der Waals surface area contributed by atoms with Crippen LogP contribution < -0.4 is 5.32 Å². The Morgan fingerprint density at radius 2 is 2.00 bits per heavy atom. The summed E-state index contributed by atoms with van der Waals surface area (Å²) >= 11 is 3.35. The Morgan fingerprint density at radius 3 is 2.53 bits per heavy atom. The minimum Gasteiger partial charge on any atom is -0.307 e. The second kappa shape index (κ2) is 6.12. The number of carbonyl (C=O) groups excluding carboxylic acids is 1. The average molecular weight is 316 g/mol. The quantitative estimate of drug-likeness (QED) is 0.885. The zero-order valence-corrected chi connectivity index (χ0v) is 11.5. The van der Waals surface area contributed by atoms with Crippen LogP contribution in [-0.2, 0) is 5.33 Å². The third-order valence-electron chi connectivity index (χ3n) is 2.50. The molecular formula is C14H10BrN3O. The van der Waals surface area contributed by atoms with Gasteiger partial charge in [0, 0.05) is 17.1 Å². The molecule has 0 atom stereocenters. The largest absolute Gasteiger partial charge is 0.307 e. The van der Waals surface area contributed by atoms with Gasteiger partial charge < -0.3 is 5.32 Å². The summed E-state index contributed by atoms with van der Waals surface area (Å²) in [6, 6.07) is 12.5. The highest BCUT2D eigenvalue weighted by Crippen LogP contribution is 2.10. The van der Waals surface area contributed by atoms with Gasteiger partial charge >= 0.3 is 0 Å². The van der Waals surface area contributed by atoms with Crippen molar-refractivity contribution in [1.82, 2.24) is 4.98 Å². The van der Waals surface area contributed by atoms with Crippen LogP contribution in [0.15, 0.2) is 42.6 Å². The van der Waals surface area contributed by atoms with Crippen LogP contribution >= 0.6 is 15.9 Å². The highest BCUT2D eigenvalue weighted by molar-refractivity contribution is 9.08. The van der Waals surface area contributed by atoms with Crippen LogP contribution in [0.4, 0.5) is 5.82 Å². The van der Waals surface area contributed by atoms with Crippen LogP contribution in [0.1, 0.15) is 21.5 Å². The molecule has 1 N–H and O–H groups in total. The number of nitrogens with one attached hydrogen (secondary N) is 1. The number of rotatable bonds is 3. The van der Waals surface area contributed by atoms with Crippen molar-refractivity contribution in [2.45, 2.75) is 5.33 Å². The maximum Gasteiger partial charge on any atom is 0.256 e. The first-order valence-corrected chi connectivity index (χ1v) is 6.67. The molecule has 5 heteroatoms. The van der Waals surface area contributed by atoms with Gasteiger partial charge in [-0.15, -0.1) is 0 Å². The summed E-state index contributed by atoms with van der Waals surface area (Å²) in [6.45, 7) is 0. The normalized spacial score (nSPS) is 9.68. The molecule has 0 bridgehead atoms. The predicted molar refractivity (Wildman–Crippen MR) is 76.0 cm³/mol. The molecular weight excluding hydrogens is 306 g/mol. The molecule has 0 saturated carbocycles. The fourth-order valence-corrected chi connectivity index (χ4v) is 1.84. The number of halogens is 1. The molecule has 0 unspecified atom stereocenters. The summed E-state index contributed by atoms with van der Waals surface area (Å²) in [5.74, 6) is 0.201. The minimum atomic E-state index is -0.224. The van der Waals surface area contributed by atoms with Gasteiger partial charge in [-0.3, -0.25) is 4.79 Å². The van der Waals surface area contributed by atoms with E-state index < -0.39 is 0 Å². The maximum absolute atomic E-state index is 11.9. The topological polar surface area (TPSA) is 65.8 Å². The van der Waals surface area contributed by atoms with Crippen molar-refractivity contribution >= 4 is 27.7 Å². The molecule has 0 aliphatic heterocycles. The lowest BCUT2D eigenvalue weighted by Crippen LogP contribution is -2.12. The molecule has 1 amide bonds. The third-order valence-corrected chi connectivity index (χ3v) is 3.15. The van der Waals surface area contributed by atoms with Gasteiger partial charge in [-0.2, -0.15) is 5.26 Å². The van der Waals surface area contributed by atoms with Crippen molar-refractivity contribution in [2.75, 3.05) is 5.32 Å². The number of hydrogen-bond acceptors (Lipinski definition) is 3. The first-order chi connectivity index (χ1) is 9.22. The first kappa shape index (κ1) is 13.2. The Bertz CT molecular complexity index is 615. The molecule has 19 heavy (non-hydrogen) atoms. The molecule has 4 nitrogen and oxygen atoms in total. The smallest absolute Gasteiger partial charge is 0.256 e. The maximum atomic E-state index is 11.9. The molecule has 0 fully saturated rings. The van der Waals surface area contributed by atoms with Gasteiger partial charge in [0.15, 0.2) is 0 Å². The van der Waals surface area contributed by atoms with Crippen molar-refractivity contribution in [2.24, 2.45) is 0 Å². The zero-order valence-electron chi connectivity index (χ0n) is 9.93. The number of pyridine rings is 1. The first-order valence-electron chi connectivity index (χ1n) is 5.55. The Kier molecular flexibility index (Phi) is 4.26. The summed E-state index contributed by atoms with van der Waals surface area (Å²) in [7, 11) is 0. The van der Waals surface area contributed by atoms with Gasteiger partial charge in [-0.1, -0.05) is 28.1 Å². The molecule has 2 rings (SSSR count). The molecule has 0 aliphatic rings. The van der Waals surface area contributed by atoms with E-state index in [4.69, 9.17) is 5.26 Å². The van der Waals surface area contributed by atoms with Gasteiger partial charge in [-0.05, 0) is 29.8 Å². The van der Waals surface area contributed by atoms with E-state index in [-0.39, 0.29) is 5.91 Å². The highest BCUT2D eigenvalue weighted by Gasteiger charge is 2.06. The highest BCUT2D eigenvalue weighted by atomic mass is 79.9. The van der Waals surface area contributed by atoms with E-state index in [9.17, 15) is 4.79 Å². The van der Waals surface area contributed by atoms with E-state index in [0.717, 1.165) is 10.9 Å². The van der Waals surface area contributed by atoms with Gasteiger partial charge in [-0.25, -0.2) is 4.98 Å². The average Bonchev–Trinajstić information content (AvgIpc) is 2.48. The fraction of sp³-hybridized carbons (Fsp3) is 0.0714. The SMILES string of the molecule is N#Cc1ccc(NC(=O)c2ccc(CBr)cc2)nc1. The van der Waals surface area contributed by atoms with Crippen LogP contribution in [0.5, 0.6) is 0 Å². The Labute approximate surface area is 119 Å². The summed E-state index contributed by atoms with van der Waals surface area (Å²) in [4.78, 5) is 15.9. The number of carbonyl (C=O) groups is 1. The standard InChI is InChI=1S/C14H10BrN3O/c15-7-10-1-4-12(5-2-10)14(19)18-13-6-3-11(8-16)9-17-13/h1-6,9H,7H2,(H,17,18,19). The second-order valence-corrected chi connectivity index (χ2v) is 4.39. The number of benzene rings is 1. The van der Waals surface area contributed by atoms with Crippen LogP contribution in [0.3, 0.4) is 0 Å². The molecule has 0 aliphatic carbocycles. The van der Waals surface area contributed by atoms with Crippen LogP contribution in [0.25, 0.3) is 0 Å². The van der Waals surface area contributed by atoms with Gasteiger partial charge in [0.25, 0.3) is 5.91 Å². The van der Waals surface area contributed by atoms with E-state index in [1.54, 1.807) is 24.3 Å². The molecule has 0 spiro atoms. The summed E-state index contributed by atoms with van der Waals surface area (Å²) in [6.07, 6.45) is 1.42. The minimum absolute atomic E-state index is 0.224. The predicted octanol–water partition coefficient (Wildman–Crippen LogP) is 3.10. The summed E-state index contributed by atoms with van der Waals surface area (Å²) < 4.78 is 0. The second-order valence-electron chi connectivity index (χ2n) is 3.83. The van der Waals surface area contributed by atoms with Crippen molar-refractivity contribution in [3.63, 3.8) is 0 Å². The van der Waals surface area contributed by atoms with Crippen LogP contribution in [0.2, 0.25) is 0 Å². The van der Waals surface area contributed by atoms with Crippen LogP contribution in [-0.4, -0.2) is 10.9 Å². The third kappa shape index (κ3) is 3.39. The number of amides is 1. The number of nitrogens with zero attached hydrogens (tertiary/aromatic N) is 2. The molecule has 94 valence electrons. The lowest BCUT2D eigenvalue weighted by Gasteiger charge is -2.04. The number of aromatic nitrogens is 1. The lowest BCUT2D eigenvalue weighted by atomic mass is 10.1. The van der Waals surface area contributed by atoms with Gasteiger partial charge in [0.2, 0.25) is 0 Å². The van der Waals surface area contributed by atoms with Crippen molar-refractivity contribution in [3.8, 4) is 6.07 Å². The summed E-state index contributed by atoms with van der Waals surface area (Å²) in [5, 5.41) is 12.1. The Balaban J connectivity index is 2.09. The zero-order chi connectivity index (χ0) is 13.7. The molecule has 0 saturated heterocycles. The molecule has 1 aromatic heterocycles. The van der Waals surface area contributed by atoms with Crippen molar-refractivity contribution in [1.29, 1.82) is 5.26 Å². The van der Waals surface area contributed by atoms with E-state index in [0.29, 0.717) is 16.9 Å². The van der Waals surface area contributed by atoms with Gasteiger partial charge in [0.05, 0.1) is 5.56 Å². The Hall–Kier alpha value is -2.19. The number of nitriles is 1.